The summed E-state index contributed by atoms with van der Waals surface area (Å²) in [7, 11) is 0. The maximum absolute atomic E-state index is 11.8. The van der Waals surface area contributed by atoms with Gasteiger partial charge in [-0.3, -0.25) is 9.18 Å². The number of rotatable bonds is 3. The number of halogens is 1. The lowest BCUT2D eigenvalue weighted by atomic mass is 10.1. The Hall–Kier alpha value is -0.600. The van der Waals surface area contributed by atoms with Crippen molar-refractivity contribution in [3.8, 4) is 0 Å². The average Bonchev–Trinajstić information content (AvgIpc) is 1.84. The van der Waals surface area contributed by atoms with Crippen LogP contribution in [0.25, 0.3) is 0 Å². The number of hydrogen-bond donors (Lipinski definition) is 0. The zero-order valence-electron chi connectivity index (χ0n) is 8.19. The topological polar surface area (TPSA) is 26.3 Å². The lowest BCUT2D eigenvalue weighted by molar-refractivity contribution is -0.159. The number of esters is 1. The smallest absolute Gasteiger partial charge is 0.309 e. The Morgan fingerprint density at radius 2 is 2.00 bits per heavy atom. The second kappa shape index (κ2) is 4.43. The van der Waals surface area contributed by atoms with Crippen LogP contribution in [0.15, 0.2) is 0 Å². The molecule has 0 bridgehead atoms. The third kappa shape index (κ3) is 5.10. The molecule has 1 unspecified atom stereocenters. The van der Waals surface area contributed by atoms with Gasteiger partial charge in [-0.05, 0) is 27.2 Å². The molecule has 0 aromatic rings. The molecule has 0 fully saturated rings. The molecule has 72 valence electrons. The molecule has 0 saturated carbocycles. The van der Waals surface area contributed by atoms with E-state index in [4.69, 9.17) is 4.74 Å². The maximum atomic E-state index is 11.8. The van der Waals surface area contributed by atoms with Crippen molar-refractivity contribution in [1.29, 1.82) is 0 Å². The highest BCUT2D eigenvalue weighted by Crippen LogP contribution is 2.13. The van der Waals surface area contributed by atoms with Gasteiger partial charge in [0.15, 0.2) is 0 Å². The highest BCUT2D eigenvalue weighted by molar-refractivity contribution is 5.72. The summed E-state index contributed by atoms with van der Waals surface area (Å²) in [6.45, 7) is 6.60. The summed E-state index contributed by atoms with van der Waals surface area (Å²) in [5.74, 6) is -0.658. The van der Waals surface area contributed by atoms with Gasteiger partial charge in [-0.25, -0.2) is 0 Å². The van der Waals surface area contributed by atoms with E-state index in [2.05, 4.69) is 0 Å². The standard InChI is InChI=1S/C9H17FO2/c1-7(5-6-10)8(11)12-9(2,3)4/h7H,5-6H2,1-4H3. The number of alkyl halides is 1. The van der Waals surface area contributed by atoms with Crippen molar-refractivity contribution in [2.45, 2.75) is 39.7 Å². The zero-order valence-corrected chi connectivity index (χ0v) is 8.19. The van der Waals surface area contributed by atoms with Crippen LogP contribution in [0.4, 0.5) is 4.39 Å². The molecule has 0 aliphatic carbocycles. The van der Waals surface area contributed by atoms with Crippen molar-refractivity contribution < 1.29 is 13.9 Å². The van der Waals surface area contributed by atoms with Gasteiger partial charge in [0, 0.05) is 0 Å². The lowest BCUT2D eigenvalue weighted by Crippen LogP contribution is -2.27. The SMILES string of the molecule is CC(CCF)C(=O)OC(C)(C)C. The minimum absolute atomic E-state index is 0.245. The van der Waals surface area contributed by atoms with E-state index in [9.17, 15) is 9.18 Å². The monoisotopic (exact) mass is 176 g/mol. The highest BCUT2D eigenvalue weighted by Gasteiger charge is 2.20. The predicted molar refractivity (Wildman–Crippen MR) is 45.6 cm³/mol. The third-order valence-corrected chi connectivity index (χ3v) is 1.35. The molecule has 0 N–H and O–H groups in total. The molecule has 12 heavy (non-hydrogen) atoms. The molecule has 2 nitrogen and oxygen atoms in total. The summed E-state index contributed by atoms with van der Waals surface area (Å²) in [4.78, 5) is 11.2. The summed E-state index contributed by atoms with van der Waals surface area (Å²) < 4.78 is 16.9. The fraction of sp³-hybridized carbons (Fsp3) is 0.889. The van der Waals surface area contributed by atoms with E-state index in [1.54, 1.807) is 27.7 Å². The summed E-state index contributed by atoms with van der Waals surface area (Å²) >= 11 is 0. The van der Waals surface area contributed by atoms with Crippen LogP contribution in [0.3, 0.4) is 0 Å². The van der Waals surface area contributed by atoms with Gasteiger partial charge in [0.05, 0.1) is 12.6 Å². The molecule has 0 aliphatic rings. The van der Waals surface area contributed by atoms with Crippen LogP contribution in [-0.4, -0.2) is 18.2 Å². The molecule has 0 saturated heterocycles. The Balaban J connectivity index is 3.87. The largest absolute Gasteiger partial charge is 0.460 e. The molecule has 1 atom stereocenters. The van der Waals surface area contributed by atoms with E-state index >= 15 is 0 Å². The second-order valence-electron chi connectivity index (χ2n) is 3.91. The van der Waals surface area contributed by atoms with Crippen molar-refractivity contribution in [3.05, 3.63) is 0 Å². The molecular weight excluding hydrogens is 159 g/mol. The van der Waals surface area contributed by atoms with Gasteiger partial charge >= 0.3 is 5.97 Å². The molecule has 0 rings (SSSR count). The van der Waals surface area contributed by atoms with E-state index in [0.717, 1.165) is 0 Å². The van der Waals surface area contributed by atoms with E-state index in [1.165, 1.54) is 0 Å². The minimum atomic E-state index is -0.472. The number of ether oxygens (including phenoxy) is 1. The molecule has 0 aliphatic heterocycles. The summed E-state index contributed by atoms with van der Waals surface area (Å²) in [5, 5.41) is 0. The van der Waals surface area contributed by atoms with Gasteiger partial charge in [-0.1, -0.05) is 6.92 Å². The molecule has 0 spiro atoms. The van der Waals surface area contributed by atoms with Gasteiger partial charge in [-0.15, -0.1) is 0 Å². The van der Waals surface area contributed by atoms with Gasteiger partial charge in [-0.2, -0.15) is 0 Å². The van der Waals surface area contributed by atoms with Gasteiger partial charge < -0.3 is 4.74 Å². The van der Waals surface area contributed by atoms with Gasteiger partial charge in [0.1, 0.15) is 5.60 Å². The first-order valence-electron chi connectivity index (χ1n) is 4.15. The van der Waals surface area contributed by atoms with Crippen LogP contribution in [0, 0.1) is 5.92 Å². The van der Waals surface area contributed by atoms with Crippen molar-refractivity contribution in [2.24, 2.45) is 5.92 Å². The van der Waals surface area contributed by atoms with E-state index in [1.807, 2.05) is 0 Å². The van der Waals surface area contributed by atoms with Crippen molar-refractivity contribution in [3.63, 3.8) is 0 Å². The molecule has 0 amide bonds. The number of hydrogen-bond acceptors (Lipinski definition) is 2. The van der Waals surface area contributed by atoms with Crippen molar-refractivity contribution in [1.82, 2.24) is 0 Å². The lowest BCUT2D eigenvalue weighted by Gasteiger charge is -2.21. The van der Waals surface area contributed by atoms with E-state index in [0.29, 0.717) is 0 Å². The summed E-state index contributed by atoms with van der Waals surface area (Å²) in [6, 6.07) is 0. The summed E-state index contributed by atoms with van der Waals surface area (Å²) in [6.07, 6.45) is 0.245. The highest BCUT2D eigenvalue weighted by atomic mass is 19.1. The molecule has 0 aromatic heterocycles. The van der Waals surface area contributed by atoms with E-state index < -0.39 is 12.3 Å². The van der Waals surface area contributed by atoms with Crippen LogP contribution in [0.2, 0.25) is 0 Å². The molecule has 0 radical (unpaired) electrons. The Morgan fingerprint density at radius 1 is 1.50 bits per heavy atom. The fourth-order valence-electron chi connectivity index (χ4n) is 0.684. The minimum Gasteiger partial charge on any atom is -0.460 e. The van der Waals surface area contributed by atoms with Crippen LogP contribution in [0.1, 0.15) is 34.1 Å². The number of carbonyl (C=O) groups excluding carboxylic acids is 1. The first-order valence-corrected chi connectivity index (χ1v) is 4.15. The van der Waals surface area contributed by atoms with Gasteiger partial charge in [0.25, 0.3) is 0 Å². The Bertz CT molecular complexity index is 149. The van der Waals surface area contributed by atoms with Crippen LogP contribution in [0.5, 0.6) is 0 Å². The average molecular weight is 176 g/mol. The normalized spacial score (nSPS) is 14.1. The third-order valence-electron chi connectivity index (χ3n) is 1.35. The van der Waals surface area contributed by atoms with Gasteiger partial charge in [0.2, 0.25) is 0 Å². The van der Waals surface area contributed by atoms with Crippen LogP contribution >= 0.6 is 0 Å². The first-order chi connectivity index (χ1) is 5.37. The fourth-order valence-corrected chi connectivity index (χ4v) is 0.684. The Morgan fingerprint density at radius 3 is 2.33 bits per heavy atom. The molecule has 3 heteroatoms. The maximum Gasteiger partial charge on any atom is 0.309 e. The first kappa shape index (κ1) is 11.4. The van der Waals surface area contributed by atoms with Crippen molar-refractivity contribution >= 4 is 5.97 Å². The summed E-state index contributed by atoms with van der Waals surface area (Å²) in [5.41, 5.74) is -0.471. The van der Waals surface area contributed by atoms with Crippen LogP contribution < -0.4 is 0 Å². The van der Waals surface area contributed by atoms with Crippen molar-refractivity contribution in [2.75, 3.05) is 6.67 Å². The second-order valence-corrected chi connectivity index (χ2v) is 3.91. The Kier molecular flexibility index (Phi) is 4.21. The predicted octanol–water partition coefficient (Wildman–Crippen LogP) is 2.32. The number of carbonyl (C=O) groups is 1. The van der Waals surface area contributed by atoms with E-state index in [-0.39, 0.29) is 18.3 Å². The Labute approximate surface area is 73.1 Å². The van der Waals surface area contributed by atoms with Crippen LogP contribution in [-0.2, 0) is 9.53 Å². The quantitative estimate of drug-likeness (QED) is 0.617. The molecular formula is C9H17FO2. The zero-order chi connectivity index (χ0) is 9.78. The molecule has 0 aromatic carbocycles. The molecule has 0 heterocycles.